The fraction of sp³-hybridized carbons (Fsp3) is 0.750. The molecule has 4 heteroatoms. The molecule has 0 bridgehead atoms. The average molecular weight is 223 g/mol. The maximum atomic E-state index is 5.51. The summed E-state index contributed by atoms with van der Waals surface area (Å²) in [6, 6.07) is 0.563. The van der Waals surface area contributed by atoms with E-state index in [9.17, 15) is 0 Å². The Labute approximate surface area is 97.0 Å². The van der Waals surface area contributed by atoms with E-state index in [4.69, 9.17) is 4.74 Å². The van der Waals surface area contributed by atoms with Crippen LogP contribution in [0.4, 0.5) is 0 Å². The first-order valence-corrected chi connectivity index (χ1v) is 6.17. The van der Waals surface area contributed by atoms with Crippen molar-refractivity contribution < 1.29 is 4.74 Å². The van der Waals surface area contributed by atoms with Crippen molar-refractivity contribution in [3.05, 3.63) is 18.7 Å². The second kappa shape index (κ2) is 6.01. The highest BCUT2D eigenvalue weighted by molar-refractivity contribution is 4.79. The van der Waals surface area contributed by atoms with Gasteiger partial charge < -0.3 is 14.6 Å². The van der Waals surface area contributed by atoms with Crippen molar-refractivity contribution in [3.8, 4) is 0 Å². The van der Waals surface area contributed by atoms with E-state index in [0.717, 1.165) is 26.1 Å². The highest BCUT2D eigenvalue weighted by atomic mass is 16.5. The first-order chi connectivity index (χ1) is 7.86. The summed E-state index contributed by atoms with van der Waals surface area (Å²) in [6.07, 6.45) is 9.67. The number of nitrogens with one attached hydrogen (secondary N) is 1. The van der Waals surface area contributed by atoms with Crippen LogP contribution in [0.1, 0.15) is 26.2 Å². The minimum Gasteiger partial charge on any atom is -0.377 e. The van der Waals surface area contributed by atoms with Crippen molar-refractivity contribution in [2.45, 2.75) is 44.9 Å². The van der Waals surface area contributed by atoms with Crippen LogP contribution >= 0.6 is 0 Å². The summed E-state index contributed by atoms with van der Waals surface area (Å²) >= 11 is 0. The molecule has 0 aliphatic carbocycles. The lowest BCUT2D eigenvalue weighted by Crippen LogP contribution is -2.35. The van der Waals surface area contributed by atoms with E-state index in [0.29, 0.717) is 12.1 Å². The van der Waals surface area contributed by atoms with Crippen LogP contribution in [-0.2, 0) is 11.3 Å². The zero-order valence-corrected chi connectivity index (χ0v) is 9.93. The molecule has 1 aliphatic heterocycles. The molecule has 4 nitrogen and oxygen atoms in total. The molecule has 2 unspecified atom stereocenters. The Morgan fingerprint density at radius 2 is 2.44 bits per heavy atom. The van der Waals surface area contributed by atoms with Crippen LogP contribution in [-0.4, -0.2) is 34.8 Å². The monoisotopic (exact) mass is 223 g/mol. The second-order valence-electron chi connectivity index (χ2n) is 4.43. The van der Waals surface area contributed by atoms with Gasteiger partial charge in [0.25, 0.3) is 0 Å². The third-order valence-electron chi connectivity index (χ3n) is 3.19. The Morgan fingerprint density at radius 1 is 1.50 bits per heavy atom. The molecule has 1 aromatic heterocycles. The van der Waals surface area contributed by atoms with Gasteiger partial charge in [0.2, 0.25) is 0 Å². The second-order valence-corrected chi connectivity index (χ2v) is 4.43. The summed E-state index contributed by atoms with van der Waals surface area (Å²) in [4.78, 5) is 4.02. The van der Waals surface area contributed by atoms with Crippen LogP contribution < -0.4 is 5.32 Å². The highest BCUT2D eigenvalue weighted by Gasteiger charge is 2.22. The van der Waals surface area contributed by atoms with Crippen molar-refractivity contribution in [1.29, 1.82) is 0 Å². The topological polar surface area (TPSA) is 39.1 Å². The highest BCUT2D eigenvalue weighted by Crippen LogP contribution is 2.12. The van der Waals surface area contributed by atoms with Crippen LogP contribution in [0.25, 0.3) is 0 Å². The molecular formula is C12H21N3O. The van der Waals surface area contributed by atoms with E-state index >= 15 is 0 Å². The SMILES string of the molecule is CC1OCCC1NCCCCn1ccnc1. The lowest BCUT2D eigenvalue weighted by Gasteiger charge is -2.15. The van der Waals surface area contributed by atoms with Gasteiger partial charge in [-0.15, -0.1) is 0 Å². The van der Waals surface area contributed by atoms with Crippen molar-refractivity contribution in [2.75, 3.05) is 13.2 Å². The Bertz CT molecular complexity index is 286. The molecule has 90 valence electrons. The molecule has 0 saturated carbocycles. The third kappa shape index (κ3) is 3.32. The molecule has 0 aromatic carbocycles. The minimum absolute atomic E-state index is 0.383. The standard InChI is InChI=1S/C12H21N3O/c1-11-12(4-9-16-11)14-5-2-3-7-15-8-6-13-10-15/h6,8,10-12,14H,2-5,7,9H2,1H3. The fourth-order valence-electron chi connectivity index (χ4n) is 2.13. The Hall–Kier alpha value is -0.870. The number of aromatic nitrogens is 2. The minimum atomic E-state index is 0.383. The molecule has 1 aliphatic rings. The van der Waals surface area contributed by atoms with Gasteiger partial charge in [0, 0.05) is 31.6 Å². The van der Waals surface area contributed by atoms with E-state index < -0.39 is 0 Å². The Balaban J connectivity index is 1.52. The molecule has 0 spiro atoms. The summed E-state index contributed by atoms with van der Waals surface area (Å²) in [5.74, 6) is 0. The normalized spacial score (nSPS) is 25.1. The van der Waals surface area contributed by atoms with E-state index in [1.165, 1.54) is 12.8 Å². The fourth-order valence-corrected chi connectivity index (χ4v) is 2.13. The molecule has 1 saturated heterocycles. The third-order valence-corrected chi connectivity index (χ3v) is 3.19. The molecule has 2 heterocycles. The van der Waals surface area contributed by atoms with Crippen LogP contribution in [0, 0.1) is 0 Å². The van der Waals surface area contributed by atoms with Gasteiger partial charge in [-0.3, -0.25) is 0 Å². The lowest BCUT2D eigenvalue weighted by molar-refractivity contribution is 0.113. The van der Waals surface area contributed by atoms with Crippen molar-refractivity contribution in [3.63, 3.8) is 0 Å². The first-order valence-electron chi connectivity index (χ1n) is 6.17. The predicted molar refractivity (Wildman–Crippen MR) is 63.3 cm³/mol. The van der Waals surface area contributed by atoms with Crippen LogP contribution in [0.3, 0.4) is 0 Å². The van der Waals surface area contributed by atoms with Crippen molar-refractivity contribution >= 4 is 0 Å². The largest absolute Gasteiger partial charge is 0.377 e. The number of hydrogen-bond donors (Lipinski definition) is 1. The quantitative estimate of drug-likeness (QED) is 0.742. The number of aryl methyl sites for hydroxylation is 1. The van der Waals surface area contributed by atoms with E-state index in [-0.39, 0.29) is 0 Å². The van der Waals surface area contributed by atoms with E-state index in [2.05, 4.69) is 21.8 Å². The van der Waals surface area contributed by atoms with Crippen molar-refractivity contribution in [1.82, 2.24) is 14.9 Å². The number of unbranched alkanes of at least 4 members (excludes halogenated alkanes) is 1. The van der Waals surface area contributed by atoms with Gasteiger partial charge in [0.1, 0.15) is 0 Å². The van der Waals surface area contributed by atoms with E-state index in [1.807, 2.05) is 18.7 Å². The van der Waals surface area contributed by atoms with Gasteiger partial charge in [-0.1, -0.05) is 0 Å². The molecule has 1 aromatic rings. The molecule has 16 heavy (non-hydrogen) atoms. The number of imidazole rings is 1. The summed E-state index contributed by atoms with van der Waals surface area (Å²) < 4.78 is 7.63. The number of ether oxygens (including phenoxy) is 1. The zero-order valence-electron chi connectivity index (χ0n) is 9.93. The number of rotatable bonds is 6. The summed E-state index contributed by atoms with van der Waals surface area (Å²) in [7, 11) is 0. The molecule has 2 atom stereocenters. The van der Waals surface area contributed by atoms with Gasteiger partial charge in [-0.05, 0) is 32.7 Å². The van der Waals surface area contributed by atoms with Crippen LogP contribution in [0.2, 0.25) is 0 Å². The Morgan fingerprint density at radius 3 is 3.12 bits per heavy atom. The van der Waals surface area contributed by atoms with Crippen molar-refractivity contribution in [2.24, 2.45) is 0 Å². The number of hydrogen-bond acceptors (Lipinski definition) is 3. The van der Waals surface area contributed by atoms with Crippen LogP contribution in [0.15, 0.2) is 18.7 Å². The summed E-state index contributed by atoms with van der Waals surface area (Å²) in [5.41, 5.74) is 0. The molecule has 2 rings (SSSR count). The molecule has 1 N–H and O–H groups in total. The lowest BCUT2D eigenvalue weighted by atomic mass is 10.1. The zero-order chi connectivity index (χ0) is 11.2. The Kier molecular flexibility index (Phi) is 4.36. The summed E-state index contributed by atoms with van der Waals surface area (Å²) in [6.45, 7) is 5.22. The van der Waals surface area contributed by atoms with Crippen LogP contribution in [0.5, 0.6) is 0 Å². The predicted octanol–water partition coefficient (Wildman–Crippen LogP) is 1.43. The van der Waals surface area contributed by atoms with Gasteiger partial charge in [-0.25, -0.2) is 4.98 Å². The summed E-state index contributed by atoms with van der Waals surface area (Å²) in [5, 5.41) is 3.56. The van der Waals surface area contributed by atoms with Gasteiger partial charge >= 0.3 is 0 Å². The number of nitrogens with zero attached hydrogens (tertiary/aromatic N) is 2. The smallest absolute Gasteiger partial charge is 0.0945 e. The van der Waals surface area contributed by atoms with Gasteiger partial charge in [-0.2, -0.15) is 0 Å². The van der Waals surface area contributed by atoms with Gasteiger partial charge in [0.15, 0.2) is 0 Å². The van der Waals surface area contributed by atoms with E-state index in [1.54, 1.807) is 0 Å². The maximum absolute atomic E-state index is 5.51. The average Bonchev–Trinajstić information content (AvgIpc) is 2.90. The molecule has 0 amide bonds. The molecule has 0 radical (unpaired) electrons. The molecular weight excluding hydrogens is 202 g/mol. The molecule has 1 fully saturated rings. The van der Waals surface area contributed by atoms with Gasteiger partial charge in [0.05, 0.1) is 12.4 Å². The maximum Gasteiger partial charge on any atom is 0.0945 e. The first kappa shape index (κ1) is 11.6.